The van der Waals surface area contributed by atoms with Gasteiger partial charge in [0.25, 0.3) is 0 Å². The summed E-state index contributed by atoms with van der Waals surface area (Å²) in [4.78, 5) is 15.1. The van der Waals surface area contributed by atoms with Crippen LogP contribution in [0.3, 0.4) is 0 Å². The summed E-state index contributed by atoms with van der Waals surface area (Å²) in [7, 11) is 0. The van der Waals surface area contributed by atoms with E-state index in [1.54, 1.807) is 11.7 Å². The number of nitrogens with zero attached hydrogens (tertiary/aromatic N) is 1. The van der Waals surface area contributed by atoms with Gasteiger partial charge in [0.05, 0.1) is 17.0 Å². The Bertz CT molecular complexity index is 247. The first kappa shape index (κ1) is 9.15. The number of thiazole rings is 1. The highest BCUT2D eigenvalue weighted by atomic mass is 32.1. The summed E-state index contributed by atoms with van der Waals surface area (Å²) in [6.45, 7) is 1.82. The Kier molecular flexibility index (Phi) is 3.19. The van der Waals surface area contributed by atoms with Crippen LogP contribution in [0.1, 0.15) is 11.8 Å². The summed E-state index contributed by atoms with van der Waals surface area (Å²) >= 11 is 1.45. The molecule has 0 spiro atoms. The molecule has 66 valence electrons. The van der Waals surface area contributed by atoms with Crippen molar-refractivity contribution in [3.05, 3.63) is 16.6 Å². The number of hydrogen-bond acceptors (Lipinski definition) is 4. The molecule has 0 aliphatic heterocycles. The molecule has 0 saturated carbocycles. The SMILES string of the molecule is C[C@@H](OCc1cncs1)C(=O)O. The predicted octanol–water partition coefficient (Wildman–Crippen LogP) is 1.13. The van der Waals surface area contributed by atoms with Crippen LogP contribution in [0.15, 0.2) is 11.7 Å². The first-order chi connectivity index (χ1) is 5.70. The number of carboxylic acids is 1. The molecule has 0 aliphatic rings. The molecule has 5 heteroatoms. The monoisotopic (exact) mass is 187 g/mol. The first-order valence-electron chi connectivity index (χ1n) is 3.42. The minimum Gasteiger partial charge on any atom is -0.479 e. The van der Waals surface area contributed by atoms with E-state index in [1.807, 2.05) is 0 Å². The van der Waals surface area contributed by atoms with Crippen LogP contribution in [-0.4, -0.2) is 22.2 Å². The smallest absolute Gasteiger partial charge is 0.332 e. The molecule has 4 nitrogen and oxygen atoms in total. The lowest BCUT2D eigenvalue weighted by molar-refractivity contribution is -0.149. The fraction of sp³-hybridized carbons (Fsp3) is 0.429. The minimum absolute atomic E-state index is 0.318. The lowest BCUT2D eigenvalue weighted by Gasteiger charge is -2.05. The lowest BCUT2D eigenvalue weighted by atomic mass is 10.4. The van der Waals surface area contributed by atoms with Gasteiger partial charge in [-0.1, -0.05) is 0 Å². The van der Waals surface area contributed by atoms with Crippen molar-refractivity contribution in [3.8, 4) is 0 Å². The van der Waals surface area contributed by atoms with Crippen molar-refractivity contribution in [1.82, 2.24) is 4.98 Å². The van der Waals surface area contributed by atoms with Gasteiger partial charge in [-0.25, -0.2) is 4.79 Å². The zero-order valence-corrected chi connectivity index (χ0v) is 7.37. The van der Waals surface area contributed by atoms with Crippen LogP contribution in [0.4, 0.5) is 0 Å². The Labute approximate surface area is 73.8 Å². The zero-order valence-electron chi connectivity index (χ0n) is 6.56. The predicted molar refractivity (Wildman–Crippen MR) is 44.0 cm³/mol. The fourth-order valence-corrected chi connectivity index (χ4v) is 1.11. The van der Waals surface area contributed by atoms with Crippen molar-refractivity contribution >= 4 is 17.3 Å². The molecule has 0 fully saturated rings. The highest BCUT2D eigenvalue weighted by Crippen LogP contribution is 2.08. The fourth-order valence-electron chi connectivity index (χ4n) is 0.592. The van der Waals surface area contributed by atoms with E-state index in [9.17, 15) is 4.79 Å². The molecular weight excluding hydrogens is 178 g/mol. The minimum atomic E-state index is -0.945. The van der Waals surface area contributed by atoms with Gasteiger partial charge in [-0.15, -0.1) is 11.3 Å². The summed E-state index contributed by atoms with van der Waals surface area (Å²) in [5, 5.41) is 8.47. The number of aliphatic carboxylic acids is 1. The average molecular weight is 187 g/mol. The van der Waals surface area contributed by atoms with Gasteiger partial charge < -0.3 is 9.84 Å². The molecule has 0 radical (unpaired) electrons. The maximum Gasteiger partial charge on any atom is 0.332 e. The third kappa shape index (κ3) is 2.60. The largest absolute Gasteiger partial charge is 0.479 e. The Morgan fingerprint density at radius 1 is 1.92 bits per heavy atom. The second kappa shape index (κ2) is 4.18. The summed E-state index contributed by atoms with van der Waals surface area (Å²) in [5.74, 6) is -0.945. The molecule has 1 rings (SSSR count). The maximum absolute atomic E-state index is 10.3. The molecule has 0 aliphatic carbocycles. The van der Waals surface area contributed by atoms with E-state index in [-0.39, 0.29) is 0 Å². The molecule has 0 unspecified atom stereocenters. The van der Waals surface area contributed by atoms with Gasteiger partial charge in [-0.3, -0.25) is 4.98 Å². The van der Waals surface area contributed by atoms with Crippen molar-refractivity contribution in [2.24, 2.45) is 0 Å². The van der Waals surface area contributed by atoms with Crippen molar-refractivity contribution in [2.45, 2.75) is 19.6 Å². The molecular formula is C7H9NO3S. The molecule has 1 aromatic rings. The number of hydrogen-bond donors (Lipinski definition) is 1. The van der Waals surface area contributed by atoms with Crippen molar-refractivity contribution in [2.75, 3.05) is 0 Å². The molecule has 1 N–H and O–H groups in total. The van der Waals surface area contributed by atoms with Crippen LogP contribution in [0.25, 0.3) is 0 Å². The Balaban J connectivity index is 2.31. The zero-order chi connectivity index (χ0) is 8.97. The van der Waals surface area contributed by atoms with Crippen molar-refractivity contribution < 1.29 is 14.6 Å². The van der Waals surface area contributed by atoms with E-state index in [2.05, 4.69) is 4.98 Å². The van der Waals surface area contributed by atoms with E-state index in [1.165, 1.54) is 18.3 Å². The summed E-state index contributed by atoms with van der Waals surface area (Å²) in [6.07, 6.45) is 0.909. The van der Waals surface area contributed by atoms with Crippen LogP contribution in [-0.2, 0) is 16.1 Å². The number of carboxylic acid groups (broad SMARTS) is 1. The highest BCUT2D eigenvalue weighted by molar-refractivity contribution is 7.09. The second-order valence-electron chi connectivity index (χ2n) is 2.26. The van der Waals surface area contributed by atoms with E-state index < -0.39 is 12.1 Å². The van der Waals surface area contributed by atoms with Crippen LogP contribution in [0.5, 0.6) is 0 Å². The molecule has 1 aromatic heterocycles. The maximum atomic E-state index is 10.3. The van der Waals surface area contributed by atoms with E-state index in [0.29, 0.717) is 6.61 Å². The summed E-state index contributed by atoms with van der Waals surface area (Å²) in [5.41, 5.74) is 1.68. The normalized spacial score (nSPS) is 12.8. The topological polar surface area (TPSA) is 59.4 Å². The van der Waals surface area contributed by atoms with Crippen LogP contribution < -0.4 is 0 Å². The summed E-state index contributed by atoms with van der Waals surface area (Å²) in [6, 6.07) is 0. The first-order valence-corrected chi connectivity index (χ1v) is 4.30. The average Bonchev–Trinajstić information content (AvgIpc) is 2.51. The van der Waals surface area contributed by atoms with Gasteiger partial charge in [-0.2, -0.15) is 0 Å². The number of rotatable bonds is 4. The van der Waals surface area contributed by atoms with Gasteiger partial charge >= 0.3 is 5.97 Å². The molecule has 12 heavy (non-hydrogen) atoms. The molecule has 0 saturated heterocycles. The molecule has 0 aromatic carbocycles. The number of ether oxygens (including phenoxy) is 1. The van der Waals surface area contributed by atoms with Crippen LogP contribution in [0, 0.1) is 0 Å². The van der Waals surface area contributed by atoms with E-state index in [0.717, 1.165) is 4.88 Å². The number of aromatic nitrogens is 1. The van der Waals surface area contributed by atoms with E-state index in [4.69, 9.17) is 9.84 Å². The third-order valence-corrected chi connectivity index (χ3v) is 2.06. The van der Waals surface area contributed by atoms with Gasteiger partial charge in [0.1, 0.15) is 0 Å². The van der Waals surface area contributed by atoms with Gasteiger partial charge in [-0.05, 0) is 6.92 Å². The summed E-state index contributed by atoms with van der Waals surface area (Å²) < 4.78 is 5.02. The number of carbonyl (C=O) groups is 1. The Morgan fingerprint density at radius 3 is 3.17 bits per heavy atom. The Morgan fingerprint density at radius 2 is 2.67 bits per heavy atom. The molecule has 0 amide bonds. The lowest BCUT2D eigenvalue weighted by Crippen LogP contribution is -2.19. The van der Waals surface area contributed by atoms with Crippen molar-refractivity contribution in [3.63, 3.8) is 0 Å². The quantitative estimate of drug-likeness (QED) is 0.767. The van der Waals surface area contributed by atoms with Crippen molar-refractivity contribution in [1.29, 1.82) is 0 Å². The van der Waals surface area contributed by atoms with Crippen LogP contribution in [0.2, 0.25) is 0 Å². The van der Waals surface area contributed by atoms with Crippen LogP contribution >= 0.6 is 11.3 Å². The Hall–Kier alpha value is -0.940. The van der Waals surface area contributed by atoms with Gasteiger partial charge in [0.15, 0.2) is 6.10 Å². The molecule has 1 heterocycles. The second-order valence-corrected chi connectivity index (χ2v) is 3.23. The highest BCUT2D eigenvalue weighted by Gasteiger charge is 2.10. The third-order valence-electron chi connectivity index (χ3n) is 1.31. The van der Waals surface area contributed by atoms with E-state index >= 15 is 0 Å². The molecule has 0 bridgehead atoms. The van der Waals surface area contributed by atoms with Gasteiger partial charge in [0, 0.05) is 6.20 Å². The standard InChI is InChI=1S/C7H9NO3S/c1-5(7(9)10)11-3-6-2-8-4-12-6/h2,4-5H,3H2,1H3,(H,9,10)/t5-/m1/s1. The van der Waals surface area contributed by atoms with Gasteiger partial charge in [0.2, 0.25) is 0 Å². The molecule has 1 atom stereocenters.